The van der Waals surface area contributed by atoms with Gasteiger partial charge in [-0.1, -0.05) is 24.3 Å². The fourth-order valence-corrected chi connectivity index (χ4v) is 4.29. The number of halogens is 2. The molecule has 2 aliphatic rings. The molecule has 0 aromatic heterocycles. The Balaban J connectivity index is 1.49. The van der Waals surface area contributed by atoms with Crippen molar-refractivity contribution >= 4 is 29.1 Å². The summed E-state index contributed by atoms with van der Waals surface area (Å²) in [5.74, 6) is -0.237. The van der Waals surface area contributed by atoms with Gasteiger partial charge in [-0.3, -0.25) is 9.69 Å². The van der Waals surface area contributed by atoms with Gasteiger partial charge in [0.25, 0.3) is 0 Å². The number of hydrogen-bond donors (Lipinski definition) is 1. The lowest BCUT2D eigenvalue weighted by atomic mass is 9.93. The van der Waals surface area contributed by atoms with E-state index in [1.54, 1.807) is 0 Å². The maximum Gasteiger partial charge on any atom is 0.224 e. The molecule has 1 amide bonds. The lowest BCUT2D eigenvalue weighted by Crippen LogP contribution is -2.39. The van der Waals surface area contributed by atoms with Crippen molar-refractivity contribution in [3.05, 3.63) is 35.4 Å². The Hall–Kier alpha value is -0.810. The maximum absolute atomic E-state index is 12.6. The largest absolute Gasteiger partial charge is 0.379 e. The first kappa shape index (κ1) is 18.0. The molecule has 132 valence electrons. The highest BCUT2D eigenvalue weighted by Gasteiger charge is 2.40. The Morgan fingerprint density at radius 2 is 2.04 bits per heavy atom. The smallest absolute Gasteiger partial charge is 0.224 e. The minimum Gasteiger partial charge on any atom is -0.379 e. The lowest BCUT2D eigenvalue weighted by molar-refractivity contribution is -0.125. The molecule has 0 radical (unpaired) electrons. The number of ether oxygens (including phenoxy) is 1. The minimum absolute atomic E-state index is 0.0597. The van der Waals surface area contributed by atoms with Gasteiger partial charge in [-0.2, -0.15) is 0 Å². The number of nitrogens with one attached hydrogen (secondary N) is 1. The number of nitrogens with zero attached hydrogens (tertiary/aromatic N) is 1. The second-order valence-electron chi connectivity index (χ2n) is 6.47. The molecule has 1 fully saturated rings. The summed E-state index contributed by atoms with van der Waals surface area (Å²) in [6.07, 6.45) is 1.66. The second kappa shape index (κ2) is 8.52. The van der Waals surface area contributed by atoms with Crippen LogP contribution in [0.15, 0.2) is 24.3 Å². The van der Waals surface area contributed by atoms with Gasteiger partial charge in [0.1, 0.15) is 4.84 Å². The summed E-state index contributed by atoms with van der Waals surface area (Å²) in [6, 6.07) is 8.06. The molecule has 3 rings (SSSR count). The average Bonchev–Trinajstić information content (AvgIpc) is 2.99. The lowest BCUT2D eigenvalue weighted by Gasteiger charge is -2.26. The van der Waals surface area contributed by atoms with Crippen LogP contribution in [0.3, 0.4) is 0 Å². The maximum atomic E-state index is 12.6. The predicted octanol–water partition coefficient (Wildman–Crippen LogP) is 2.58. The topological polar surface area (TPSA) is 41.6 Å². The highest BCUT2D eigenvalue weighted by atomic mass is 35.5. The third-order valence-electron chi connectivity index (χ3n) is 4.95. The molecule has 2 atom stereocenters. The van der Waals surface area contributed by atoms with Crippen molar-refractivity contribution in [2.24, 2.45) is 5.92 Å². The van der Waals surface area contributed by atoms with Crippen molar-refractivity contribution in [2.45, 2.75) is 23.6 Å². The molecule has 1 aromatic rings. The monoisotopic (exact) mass is 370 g/mol. The van der Waals surface area contributed by atoms with Crippen LogP contribution in [0.1, 0.15) is 23.5 Å². The van der Waals surface area contributed by atoms with Gasteiger partial charge in [0.05, 0.1) is 19.1 Å². The molecule has 1 aromatic carbocycles. The summed E-state index contributed by atoms with van der Waals surface area (Å²) >= 11 is 12.4. The quantitative estimate of drug-likeness (QED) is 0.617. The number of amides is 1. The molecular formula is C18H24Cl2N2O2. The minimum atomic E-state index is -0.572. The molecular weight excluding hydrogens is 347 g/mol. The van der Waals surface area contributed by atoms with Gasteiger partial charge in [0, 0.05) is 25.6 Å². The van der Waals surface area contributed by atoms with Gasteiger partial charge in [0.15, 0.2) is 0 Å². The van der Waals surface area contributed by atoms with Crippen LogP contribution < -0.4 is 5.32 Å². The zero-order chi connectivity index (χ0) is 16.9. The molecule has 1 heterocycles. The van der Waals surface area contributed by atoms with Gasteiger partial charge in [0.2, 0.25) is 5.91 Å². The van der Waals surface area contributed by atoms with Crippen molar-refractivity contribution in [1.29, 1.82) is 0 Å². The number of alkyl halides is 2. The summed E-state index contributed by atoms with van der Waals surface area (Å²) in [7, 11) is 0. The summed E-state index contributed by atoms with van der Waals surface area (Å²) < 4.78 is 5.34. The molecule has 0 bridgehead atoms. The normalized spacial score (nSPS) is 24.1. The molecule has 24 heavy (non-hydrogen) atoms. The van der Waals surface area contributed by atoms with Gasteiger partial charge in [-0.25, -0.2) is 0 Å². The van der Waals surface area contributed by atoms with E-state index in [0.29, 0.717) is 13.0 Å². The van der Waals surface area contributed by atoms with Crippen LogP contribution in [-0.2, 0) is 16.0 Å². The van der Waals surface area contributed by atoms with Crippen LogP contribution in [-0.4, -0.2) is 55.0 Å². The molecule has 1 aliphatic carbocycles. The second-order valence-corrected chi connectivity index (χ2v) is 7.63. The molecule has 0 spiro atoms. The van der Waals surface area contributed by atoms with Crippen LogP contribution in [0, 0.1) is 5.92 Å². The van der Waals surface area contributed by atoms with Crippen LogP contribution in [0.4, 0.5) is 0 Å². The van der Waals surface area contributed by atoms with Gasteiger partial charge >= 0.3 is 0 Å². The SMILES string of the molecule is O=C(NCCCN1CCOCC1)C1Cc2ccccc2C1C(Cl)Cl. The van der Waals surface area contributed by atoms with Crippen LogP contribution in [0.2, 0.25) is 0 Å². The first-order chi connectivity index (χ1) is 11.7. The summed E-state index contributed by atoms with van der Waals surface area (Å²) in [4.78, 5) is 14.4. The molecule has 1 saturated heterocycles. The van der Waals surface area contributed by atoms with Crippen molar-refractivity contribution in [2.75, 3.05) is 39.4 Å². The highest BCUT2D eigenvalue weighted by Crippen LogP contribution is 2.43. The van der Waals surface area contributed by atoms with Crippen molar-refractivity contribution in [3.63, 3.8) is 0 Å². The summed E-state index contributed by atoms with van der Waals surface area (Å²) in [6.45, 7) is 5.25. The van der Waals surface area contributed by atoms with E-state index in [9.17, 15) is 4.79 Å². The Bertz CT molecular complexity index is 562. The molecule has 4 nitrogen and oxygen atoms in total. The van der Waals surface area contributed by atoms with E-state index < -0.39 is 4.84 Å². The van der Waals surface area contributed by atoms with Crippen LogP contribution >= 0.6 is 23.2 Å². The molecule has 0 saturated carbocycles. The van der Waals surface area contributed by atoms with E-state index >= 15 is 0 Å². The first-order valence-corrected chi connectivity index (χ1v) is 9.48. The highest BCUT2D eigenvalue weighted by molar-refractivity contribution is 6.45. The van der Waals surface area contributed by atoms with Gasteiger partial charge in [-0.05, 0) is 30.5 Å². The van der Waals surface area contributed by atoms with Crippen LogP contribution in [0.25, 0.3) is 0 Å². The van der Waals surface area contributed by atoms with Crippen molar-refractivity contribution < 1.29 is 9.53 Å². The number of benzene rings is 1. The number of fused-ring (bicyclic) bond motifs is 1. The zero-order valence-electron chi connectivity index (χ0n) is 13.7. The molecule has 1 aliphatic heterocycles. The van der Waals surface area contributed by atoms with E-state index in [2.05, 4.69) is 16.3 Å². The summed E-state index contributed by atoms with van der Waals surface area (Å²) in [5.41, 5.74) is 2.29. The van der Waals surface area contributed by atoms with E-state index in [-0.39, 0.29) is 17.7 Å². The van der Waals surface area contributed by atoms with Crippen molar-refractivity contribution in [3.8, 4) is 0 Å². The Labute approximate surface area is 153 Å². The van der Waals surface area contributed by atoms with E-state index in [4.69, 9.17) is 27.9 Å². The first-order valence-electron chi connectivity index (χ1n) is 8.60. The van der Waals surface area contributed by atoms with Crippen LogP contribution in [0.5, 0.6) is 0 Å². The van der Waals surface area contributed by atoms with Gasteiger partial charge < -0.3 is 10.1 Å². The van der Waals surface area contributed by atoms with Gasteiger partial charge in [-0.15, -0.1) is 23.2 Å². The Morgan fingerprint density at radius 1 is 1.29 bits per heavy atom. The number of morpholine rings is 1. The fourth-order valence-electron chi connectivity index (χ4n) is 3.66. The Morgan fingerprint density at radius 3 is 2.79 bits per heavy atom. The van der Waals surface area contributed by atoms with Crippen molar-refractivity contribution in [1.82, 2.24) is 10.2 Å². The standard InChI is InChI=1S/C18H24Cl2N2O2/c19-17(20)16-14-5-2-1-4-13(14)12-15(16)18(23)21-6-3-7-22-8-10-24-11-9-22/h1-2,4-5,15-17H,3,6-12H2,(H,21,23). The zero-order valence-corrected chi connectivity index (χ0v) is 15.2. The fraction of sp³-hybridized carbons (Fsp3) is 0.611. The molecule has 6 heteroatoms. The predicted molar refractivity (Wildman–Crippen MR) is 96.8 cm³/mol. The third kappa shape index (κ3) is 4.23. The third-order valence-corrected chi connectivity index (χ3v) is 5.49. The Kier molecular flexibility index (Phi) is 6.39. The van der Waals surface area contributed by atoms with E-state index in [0.717, 1.165) is 44.8 Å². The summed E-state index contributed by atoms with van der Waals surface area (Å²) in [5, 5.41) is 3.07. The number of hydrogen-bond acceptors (Lipinski definition) is 3. The molecule has 2 unspecified atom stereocenters. The van der Waals surface area contributed by atoms with E-state index in [1.807, 2.05) is 18.2 Å². The molecule has 1 N–H and O–H groups in total. The average molecular weight is 371 g/mol. The number of carbonyl (C=O) groups excluding carboxylic acids is 1. The number of rotatable bonds is 6. The van der Waals surface area contributed by atoms with E-state index in [1.165, 1.54) is 5.56 Å². The number of carbonyl (C=O) groups is 1.